The van der Waals surface area contributed by atoms with Crippen molar-refractivity contribution in [3.8, 4) is 0 Å². The van der Waals surface area contributed by atoms with Crippen LogP contribution in [0, 0.1) is 12.7 Å². The zero-order chi connectivity index (χ0) is 14.1. The summed E-state index contributed by atoms with van der Waals surface area (Å²) in [5.74, 6) is 0.842. The maximum atomic E-state index is 12.9. The van der Waals surface area contributed by atoms with E-state index < -0.39 is 0 Å². The van der Waals surface area contributed by atoms with E-state index in [1.54, 1.807) is 23.6 Å². The number of aromatic nitrogens is 4. The minimum absolute atomic E-state index is 0.259. The maximum absolute atomic E-state index is 12.9. The third kappa shape index (κ3) is 2.30. The highest BCUT2D eigenvalue weighted by atomic mass is 35.5. The van der Waals surface area contributed by atoms with Crippen molar-refractivity contribution in [3.05, 3.63) is 52.7 Å². The summed E-state index contributed by atoms with van der Waals surface area (Å²) >= 11 is 6.25. The lowest BCUT2D eigenvalue weighted by Crippen LogP contribution is -2.08. The van der Waals surface area contributed by atoms with E-state index in [-0.39, 0.29) is 5.82 Å². The highest BCUT2D eigenvalue weighted by Crippen LogP contribution is 2.24. The lowest BCUT2D eigenvalue weighted by atomic mass is 10.2. The number of rotatable bonds is 3. The molecule has 0 atom stereocenters. The molecule has 0 saturated heterocycles. The molecule has 0 unspecified atom stereocenters. The first kappa shape index (κ1) is 12.8. The monoisotopic (exact) mass is 291 g/mol. The minimum Gasteiger partial charge on any atom is -0.365 e. The zero-order valence-corrected chi connectivity index (χ0v) is 11.4. The van der Waals surface area contributed by atoms with Crippen molar-refractivity contribution in [2.45, 2.75) is 13.5 Å². The Kier molecular flexibility index (Phi) is 3.23. The molecule has 3 rings (SSSR count). The molecule has 0 amide bonds. The lowest BCUT2D eigenvalue weighted by Gasteiger charge is -2.11. The molecule has 2 heterocycles. The molecule has 0 aliphatic carbocycles. The van der Waals surface area contributed by atoms with Crippen LogP contribution in [0.4, 0.5) is 10.2 Å². The van der Waals surface area contributed by atoms with E-state index in [0.29, 0.717) is 28.9 Å². The standard InChI is InChI=1S/C13H11ClFN5/c1-8-11(14)12(20-13(19-8)17-7-18-20)16-6-9-2-4-10(15)5-3-9/h2-5,7,16H,6H2,1H3. The first-order valence-corrected chi connectivity index (χ1v) is 6.37. The molecule has 1 N–H and O–H groups in total. The summed E-state index contributed by atoms with van der Waals surface area (Å²) in [6.45, 7) is 2.30. The summed E-state index contributed by atoms with van der Waals surface area (Å²) < 4.78 is 14.4. The third-order valence-electron chi connectivity index (χ3n) is 2.91. The van der Waals surface area contributed by atoms with Crippen LogP contribution in [0.2, 0.25) is 5.02 Å². The van der Waals surface area contributed by atoms with E-state index in [9.17, 15) is 4.39 Å². The van der Waals surface area contributed by atoms with E-state index in [1.807, 2.05) is 0 Å². The summed E-state index contributed by atoms with van der Waals surface area (Å²) in [6.07, 6.45) is 1.42. The Morgan fingerprint density at radius 1 is 1.30 bits per heavy atom. The second kappa shape index (κ2) is 5.05. The van der Waals surface area contributed by atoms with Crippen molar-refractivity contribution in [2.24, 2.45) is 0 Å². The van der Waals surface area contributed by atoms with Gasteiger partial charge in [-0.2, -0.15) is 14.6 Å². The number of hydrogen-bond acceptors (Lipinski definition) is 4. The van der Waals surface area contributed by atoms with Crippen LogP contribution in [-0.4, -0.2) is 19.6 Å². The molecule has 0 radical (unpaired) electrons. The Labute approximate surface area is 119 Å². The highest BCUT2D eigenvalue weighted by molar-refractivity contribution is 6.33. The second-order valence-electron chi connectivity index (χ2n) is 4.31. The van der Waals surface area contributed by atoms with Gasteiger partial charge in [-0.3, -0.25) is 0 Å². The first-order chi connectivity index (χ1) is 9.65. The Morgan fingerprint density at radius 3 is 2.80 bits per heavy atom. The molecule has 0 fully saturated rings. The molecule has 0 saturated carbocycles. The Balaban J connectivity index is 1.92. The van der Waals surface area contributed by atoms with Gasteiger partial charge < -0.3 is 5.32 Å². The predicted molar refractivity (Wildman–Crippen MR) is 74.3 cm³/mol. The van der Waals surface area contributed by atoms with Crippen molar-refractivity contribution in [1.29, 1.82) is 0 Å². The molecule has 2 aromatic heterocycles. The quantitative estimate of drug-likeness (QED) is 0.806. The first-order valence-electron chi connectivity index (χ1n) is 5.99. The smallest absolute Gasteiger partial charge is 0.254 e. The molecular formula is C13H11ClFN5. The van der Waals surface area contributed by atoms with Gasteiger partial charge in [0.25, 0.3) is 5.78 Å². The van der Waals surface area contributed by atoms with Gasteiger partial charge >= 0.3 is 0 Å². The second-order valence-corrected chi connectivity index (χ2v) is 4.69. The van der Waals surface area contributed by atoms with Crippen molar-refractivity contribution in [2.75, 3.05) is 5.32 Å². The van der Waals surface area contributed by atoms with Gasteiger partial charge in [0.15, 0.2) is 5.82 Å². The molecule has 1 aromatic carbocycles. The summed E-state index contributed by atoms with van der Waals surface area (Å²) in [5.41, 5.74) is 1.61. The summed E-state index contributed by atoms with van der Waals surface area (Å²) in [5, 5.41) is 7.76. The average molecular weight is 292 g/mol. The molecule has 0 spiro atoms. The number of aryl methyl sites for hydroxylation is 1. The van der Waals surface area contributed by atoms with Crippen molar-refractivity contribution >= 4 is 23.2 Å². The third-order valence-corrected chi connectivity index (χ3v) is 3.36. The summed E-state index contributed by atoms with van der Waals surface area (Å²) in [6, 6.07) is 6.26. The molecule has 0 aliphatic rings. The van der Waals surface area contributed by atoms with E-state index >= 15 is 0 Å². The number of nitrogens with one attached hydrogen (secondary N) is 1. The summed E-state index contributed by atoms with van der Waals surface area (Å²) in [7, 11) is 0. The average Bonchev–Trinajstić information content (AvgIpc) is 2.89. The van der Waals surface area contributed by atoms with Gasteiger partial charge in [0, 0.05) is 6.54 Å². The number of nitrogens with zero attached hydrogens (tertiary/aromatic N) is 4. The van der Waals surface area contributed by atoms with Gasteiger partial charge in [-0.1, -0.05) is 23.7 Å². The van der Waals surface area contributed by atoms with E-state index in [0.717, 1.165) is 5.56 Å². The molecule has 7 heteroatoms. The maximum Gasteiger partial charge on any atom is 0.254 e. The van der Waals surface area contributed by atoms with Crippen LogP contribution in [0.5, 0.6) is 0 Å². The number of benzene rings is 1. The molecule has 3 aromatic rings. The van der Waals surface area contributed by atoms with Crippen molar-refractivity contribution in [3.63, 3.8) is 0 Å². The topological polar surface area (TPSA) is 55.1 Å². The Morgan fingerprint density at radius 2 is 2.05 bits per heavy atom. The van der Waals surface area contributed by atoms with Crippen molar-refractivity contribution < 1.29 is 4.39 Å². The van der Waals surface area contributed by atoms with Crippen molar-refractivity contribution in [1.82, 2.24) is 19.6 Å². The largest absolute Gasteiger partial charge is 0.365 e. The van der Waals surface area contributed by atoms with Crippen LogP contribution < -0.4 is 5.32 Å². The molecular weight excluding hydrogens is 281 g/mol. The van der Waals surface area contributed by atoms with Crippen LogP contribution in [0.3, 0.4) is 0 Å². The zero-order valence-electron chi connectivity index (χ0n) is 10.6. The number of fused-ring (bicyclic) bond motifs is 1. The fourth-order valence-electron chi connectivity index (χ4n) is 1.87. The number of halogens is 2. The van der Waals surface area contributed by atoms with Crippen LogP contribution in [0.25, 0.3) is 5.78 Å². The molecule has 20 heavy (non-hydrogen) atoms. The fourth-order valence-corrected chi connectivity index (χ4v) is 2.06. The molecule has 0 aliphatic heterocycles. The van der Waals surface area contributed by atoms with Crippen LogP contribution >= 0.6 is 11.6 Å². The predicted octanol–water partition coefficient (Wildman–Crippen LogP) is 2.84. The normalized spacial score (nSPS) is 10.9. The van der Waals surface area contributed by atoms with E-state index in [4.69, 9.17) is 11.6 Å². The van der Waals surface area contributed by atoms with Crippen LogP contribution in [0.15, 0.2) is 30.6 Å². The number of anilines is 1. The molecule has 0 bridgehead atoms. The summed E-state index contributed by atoms with van der Waals surface area (Å²) in [4.78, 5) is 8.27. The van der Waals surface area contributed by atoms with Crippen LogP contribution in [-0.2, 0) is 6.54 Å². The van der Waals surface area contributed by atoms with Gasteiger partial charge in [-0.05, 0) is 24.6 Å². The highest BCUT2D eigenvalue weighted by Gasteiger charge is 2.12. The Bertz CT molecular complexity index is 753. The fraction of sp³-hybridized carbons (Fsp3) is 0.154. The molecule has 5 nitrogen and oxygen atoms in total. The van der Waals surface area contributed by atoms with Gasteiger partial charge in [-0.25, -0.2) is 9.37 Å². The molecule has 102 valence electrons. The Hall–Kier alpha value is -2.21. The lowest BCUT2D eigenvalue weighted by molar-refractivity contribution is 0.627. The van der Waals surface area contributed by atoms with Crippen LogP contribution in [0.1, 0.15) is 11.3 Å². The van der Waals surface area contributed by atoms with Gasteiger partial charge in [0.1, 0.15) is 17.2 Å². The van der Waals surface area contributed by atoms with Gasteiger partial charge in [0.05, 0.1) is 5.69 Å². The van der Waals surface area contributed by atoms with E-state index in [2.05, 4.69) is 20.4 Å². The van der Waals surface area contributed by atoms with Gasteiger partial charge in [0.2, 0.25) is 0 Å². The number of hydrogen-bond donors (Lipinski definition) is 1. The van der Waals surface area contributed by atoms with Gasteiger partial charge in [-0.15, -0.1) is 0 Å². The SMILES string of the molecule is Cc1nc2ncnn2c(NCc2ccc(F)cc2)c1Cl. The minimum atomic E-state index is -0.259. The van der Waals surface area contributed by atoms with E-state index in [1.165, 1.54) is 18.5 Å².